The third kappa shape index (κ3) is 1.74. The second-order valence-electron chi connectivity index (χ2n) is 2.66. The van der Waals surface area contributed by atoms with Crippen molar-refractivity contribution in [2.24, 2.45) is 0 Å². The second kappa shape index (κ2) is 3.64. The molecule has 0 atom stereocenters. The van der Waals surface area contributed by atoms with Crippen LogP contribution in [0.5, 0.6) is 0 Å². The fourth-order valence-electron chi connectivity index (χ4n) is 1.16. The molecule has 0 aliphatic heterocycles. The molecule has 0 aliphatic rings. The van der Waals surface area contributed by atoms with Crippen molar-refractivity contribution < 1.29 is 16.2 Å². The number of anilines is 1. The molecular weight excluding hydrogens is 206 g/mol. The van der Waals surface area contributed by atoms with Crippen molar-refractivity contribution in [3.63, 3.8) is 0 Å². The Kier molecular flexibility index (Phi) is 2.34. The molecule has 1 aromatic carbocycles. The summed E-state index contributed by atoms with van der Waals surface area (Å²) >= 11 is 3.60. The molecule has 2 aromatic rings. The number of rotatable bonds is 2. The third-order valence-electron chi connectivity index (χ3n) is 1.80. The van der Waals surface area contributed by atoms with Crippen molar-refractivity contribution in [3.05, 3.63) is 36.7 Å². The van der Waals surface area contributed by atoms with Crippen molar-refractivity contribution in [1.29, 1.82) is 0 Å². The Hall–Kier alpha value is -1.25. The molecule has 3 nitrogen and oxygen atoms in total. The molecule has 0 amide bonds. The normalized spacial score (nSPS) is 9.92. The summed E-state index contributed by atoms with van der Waals surface area (Å²) in [6, 6.07) is 8.01. The van der Waals surface area contributed by atoms with Crippen molar-refractivity contribution >= 4 is 5.69 Å². The fourth-order valence-corrected chi connectivity index (χ4v) is 1.33. The van der Waals surface area contributed by atoms with Crippen LogP contribution in [0, 0.1) is 0 Å². The Balaban J connectivity index is 2.41. The first-order valence-corrected chi connectivity index (χ1v) is 4.40. The van der Waals surface area contributed by atoms with Gasteiger partial charge in [-0.2, -0.15) is 0 Å². The molecule has 67 valence electrons. The van der Waals surface area contributed by atoms with Crippen LogP contribution in [0.15, 0.2) is 36.7 Å². The molecule has 0 bridgehead atoms. The van der Waals surface area contributed by atoms with Crippen molar-refractivity contribution in [1.82, 2.24) is 10.2 Å². The molecular formula is C9H8FeN3. The Morgan fingerprint density at radius 3 is 2.92 bits per heavy atom. The molecule has 13 heavy (non-hydrogen) atoms. The van der Waals surface area contributed by atoms with Crippen LogP contribution in [0.25, 0.3) is 11.1 Å². The van der Waals surface area contributed by atoms with Gasteiger partial charge < -0.3 is 0 Å². The summed E-state index contributed by atoms with van der Waals surface area (Å²) in [5.41, 5.74) is 3.21. The molecule has 0 fully saturated rings. The van der Waals surface area contributed by atoms with Gasteiger partial charge in [0.2, 0.25) is 0 Å². The first-order chi connectivity index (χ1) is 6.40. The van der Waals surface area contributed by atoms with Crippen LogP contribution in [0.2, 0.25) is 0 Å². The third-order valence-corrected chi connectivity index (χ3v) is 2.11. The predicted molar refractivity (Wildman–Crippen MR) is 47.6 cm³/mol. The molecule has 1 aromatic heterocycles. The quantitative estimate of drug-likeness (QED) is 0.750. The number of H-pyrrole nitrogens is 1. The first-order valence-electron chi connectivity index (χ1n) is 3.85. The average molecular weight is 214 g/mol. The monoisotopic (exact) mass is 214 g/mol. The summed E-state index contributed by atoms with van der Waals surface area (Å²) in [6.07, 6.45) is 3.66. The fraction of sp³-hybridized carbons (Fsp3) is 0. The van der Waals surface area contributed by atoms with E-state index in [2.05, 4.69) is 30.8 Å². The van der Waals surface area contributed by atoms with Gasteiger partial charge in [0.15, 0.2) is 0 Å². The Morgan fingerprint density at radius 2 is 2.23 bits per heavy atom. The van der Waals surface area contributed by atoms with E-state index in [9.17, 15) is 0 Å². The van der Waals surface area contributed by atoms with Crippen LogP contribution in [0.1, 0.15) is 0 Å². The van der Waals surface area contributed by atoms with Gasteiger partial charge in [-0.3, -0.25) is 0 Å². The topological polar surface area (TPSA) is 40.7 Å². The van der Waals surface area contributed by atoms with Crippen LogP contribution in [0.4, 0.5) is 5.69 Å². The van der Waals surface area contributed by atoms with E-state index >= 15 is 0 Å². The maximum atomic E-state index is 3.89. The van der Waals surface area contributed by atoms with E-state index in [1.807, 2.05) is 30.5 Å². The van der Waals surface area contributed by atoms with Gasteiger partial charge in [0.25, 0.3) is 0 Å². The summed E-state index contributed by atoms with van der Waals surface area (Å²) in [4.78, 5) is 0. The Bertz CT molecular complexity index is 384. The molecule has 0 aliphatic carbocycles. The summed E-state index contributed by atoms with van der Waals surface area (Å²) in [7, 11) is 0. The molecule has 0 unspecified atom stereocenters. The number of hydrogen-bond donors (Lipinski definition) is 2. The van der Waals surface area contributed by atoms with Gasteiger partial charge in [-0.05, 0) is 0 Å². The van der Waals surface area contributed by atoms with Gasteiger partial charge in [-0.1, -0.05) is 0 Å². The van der Waals surface area contributed by atoms with Gasteiger partial charge in [-0.15, -0.1) is 0 Å². The van der Waals surface area contributed by atoms with Crippen LogP contribution in [-0.2, 0) is 16.2 Å². The van der Waals surface area contributed by atoms with Crippen LogP contribution in [0.3, 0.4) is 0 Å². The average Bonchev–Trinajstić information content (AvgIpc) is 2.71. The Labute approximate surface area is 84.6 Å². The summed E-state index contributed by atoms with van der Waals surface area (Å²) in [5.74, 6) is 0. The van der Waals surface area contributed by atoms with E-state index in [1.54, 1.807) is 6.20 Å². The summed E-state index contributed by atoms with van der Waals surface area (Å²) < 4.78 is 2.85. The zero-order valence-corrected chi connectivity index (χ0v) is 7.87. The molecule has 4 heteroatoms. The molecule has 0 spiro atoms. The second-order valence-corrected chi connectivity index (χ2v) is 2.93. The molecule has 2 rings (SSSR count). The maximum absolute atomic E-state index is 3.89. The molecule has 0 saturated carbocycles. The number of hydrogen-bond acceptors (Lipinski definition) is 2. The number of nitrogens with one attached hydrogen (secondary N) is 2. The van der Waals surface area contributed by atoms with E-state index in [4.69, 9.17) is 0 Å². The van der Waals surface area contributed by atoms with Gasteiger partial charge in [0.05, 0.1) is 0 Å². The zero-order valence-electron chi connectivity index (χ0n) is 6.76. The minimum absolute atomic E-state index is 0.999. The zero-order chi connectivity index (χ0) is 9.10. The standard InChI is InChI=1S/C9H8N3.Fe/c10-9-3-1-2-7(4-9)8-5-11-12-6-8;/h1-6,10H,(H,11,12);/q-1;+1. The molecule has 1 heterocycles. The molecule has 2 N–H and O–H groups in total. The van der Waals surface area contributed by atoms with Crippen LogP contribution < -0.4 is 4.33 Å². The van der Waals surface area contributed by atoms with E-state index < -0.39 is 0 Å². The minimum atomic E-state index is 0.999. The van der Waals surface area contributed by atoms with Crippen LogP contribution >= 0.6 is 0 Å². The van der Waals surface area contributed by atoms with Gasteiger partial charge in [0.1, 0.15) is 0 Å². The predicted octanol–water partition coefficient (Wildman–Crippen LogP) is 1.95. The van der Waals surface area contributed by atoms with E-state index in [0.717, 1.165) is 16.8 Å². The van der Waals surface area contributed by atoms with Crippen LogP contribution in [-0.4, -0.2) is 10.2 Å². The van der Waals surface area contributed by atoms with E-state index in [-0.39, 0.29) is 0 Å². The molecule has 0 saturated heterocycles. The van der Waals surface area contributed by atoms with Gasteiger partial charge >= 0.3 is 84.2 Å². The summed E-state index contributed by atoms with van der Waals surface area (Å²) in [6.45, 7) is 0. The first kappa shape index (κ1) is 8.35. The number of nitrogens with zero attached hydrogens (tertiary/aromatic N) is 1. The Morgan fingerprint density at radius 1 is 1.31 bits per heavy atom. The van der Waals surface area contributed by atoms with Gasteiger partial charge in [0, 0.05) is 0 Å². The van der Waals surface area contributed by atoms with Crippen molar-refractivity contribution in [2.75, 3.05) is 4.33 Å². The van der Waals surface area contributed by atoms with Crippen molar-refractivity contribution in [3.8, 4) is 11.1 Å². The number of aromatic amines is 1. The van der Waals surface area contributed by atoms with E-state index in [1.165, 1.54) is 0 Å². The number of aromatic nitrogens is 2. The SMILES string of the molecule is [Fe][NH]c1cccc(-c2cn[nH]c2)c1. The van der Waals surface area contributed by atoms with E-state index in [0.29, 0.717) is 0 Å². The molecule has 0 radical (unpaired) electrons. The number of benzene rings is 1. The summed E-state index contributed by atoms with van der Waals surface area (Å²) in [5, 5.41) is 6.67. The van der Waals surface area contributed by atoms with Gasteiger partial charge in [-0.25, -0.2) is 0 Å². The van der Waals surface area contributed by atoms with Crippen molar-refractivity contribution in [2.45, 2.75) is 0 Å².